The normalized spacial score (nSPS) is 21.9. The number of aromatic nitrogens is 1. The lowest BCUT2D eigenvalue weighted by Gasteiger charge is -2.29. The van der Waals surface area contributed by atoms with Gasteiger partial charge in [-0.15, -0.1) is 0 Å². The number of pyridine rings is 1. The average Bonchev–Trinajstić information content (AvgIpc) is 2.75. The second-order valence-electron chi connectivity index (χ2n) is 5.05. The Morgan fingerprint density at radius 1 is 1.35 bits per heavy atom. The van der Waals surface area contributed by atoms with Crippen molar-refractivity contribution in [2.45, 2.75) is 38.8 Å². The van der Waals surface area contributed by atoms with E-state index in [1.165, 1.54) is 4.90 Å². The smallest absolute Gasteiger partial charge is 0.256 e. The maximum Gasteiger partial charge on any atom is 0.256 e. The van der Waals surface area contributed by atoms with Gasteiger partial charge in [0.05, 0.1) is 17.8 Å². The molecule has 20 heavy (non-hydrogen) atoms. The maximum atomic E-state index is 12.3. The predicted molar refractivity (Wildman–Crippen MR) is 69.7 cm³/mol. The number of rotatable bonds is 2. The highest BCUT2D eigenvalue weighted by Gasteiger charge is 2.39. The van der Waals surface area contributed by atoms with Crippen molar-refractivity contribution in [3.05, 3.63) is 29.1 Å². The molecule has 2 aliphatic heterocycles. The first-order valence-corrected chi connectivity index (χ1v) is 6.73. The third kappa shape index (κ3) is 1.97. The fourth-order valence-corrected chi connectivity index (χ4v) is 2.68. The second-order valence-corrected chi connectivity index (χ2v) is 5.05. The molecule has 3 rings (SSSR count). The SMILES string of the molecule is CCc1ccc2c(n1)CN(C1CCC(=O)NC1=O)C2=O. The molecule has 2 aliphatic rings. The molecule has 104 valence electrons. The first-order chi connectivity index (χ1) is 9.60. The minimum Gasteiger partial charge on any atom is -0.321 e. The predicted octanol–water partition coefficient (Wildman–Crippen LogP) is 0.405. The Morgan fingerprint density at radius 2 is 2.15 bits per heavy atom. The highest BCUT2D eigenvalue weighted by molar-refractivity contribution is 6.05. The second kappa shape index (κ2) is 4.70. The minimum absolute atomic E-state index is 0.176. The number of nitrogens with one attached hydrogen (secondary N) is 1. The van der Waals surface area contributed by atoms with Gasteiger partial charge >= 0.3 is 0 Å². The molecule has 1 aromatic heterocycles. The molecule has 3 amide bonds. The van der Waals surface area contributed by atoms with Gasteiger partial charge in [-0.3, -0.25) is 24.7 Å². The summed E-state index contributed by atoms with van der Waals surface area (Å²) in [5.74, 6) is -0.843. The fraction of sp³-hybridized carbons (Fsp3) is 0.429. The Morgan fingerprint density at radius 3 is 2.85 bits per heavy atom. The monoisotopic (exact) mass is 273 g/mol. The van der Waals surface area contributed by atoms with Gasteiger partial charge < -0.3 is 4.90 Å². The van der Waals surface area contributed by atoms with Crippen molar-refractivity contribution >= 4 is 17.7 Å². The van der Waals surface area contributed by atoms with Crippen LogP contribution in [0.4, 0.5) is 0 Å². The van der Waals surface area contributed by atoms with Gasteiger partial charge in [0.25, 0.3) is 5.91 Å². The van der Waals surface area contributed by atoms with Crippen LogP contribution < -0.4 is 5.32 Å². The van der Waals surface area contributed by atoms with E-state index in [4.69, 9.17) is 0 Å². The number of aryl methyl sites for hydroxylation is 1. The molecule has 1 saturated heterocycles. The van der Waals surface area contributed by atoms with Crippen LogP contribution in [-0.2, 0) is 22.6 Å². The van der Waals surface area contributed by atoms with Crippen LogP contribution in [0.5, 0.6) is 0 Å². The number of fused-ring (bicyclic) bond motifs is 1. The molecule has 1 atom stereocenters. The number of nitrogens with zero attached hydrogens (tertiary/aromatic N) is 2. The first-order valence-electron chi connectivity index (χ1n) is 6.73. The molecule has 6 heteroatoms. The molecule has 0 spiro atoms. The number of carbonyl (C=O) groups excluding carboxylic acids is 3. The Labute approximate surface area is 116 Å². The van der Waals surface area contributed by atoms with Crippen LogP contribution in [-0.4, -0.2) is 33.6 Å². The number of carbonyl (C=O) groups is 3. The summed E-state index contributed by atoms with van der Waals surface area (Å²) in [4.78, 5) is 41.3. The van der Waals surface area contributed by atoms with E-state index in [0.717, 1.165) is 17.8 Å². The van der Waals surface area contributed by atoms with Crippen molar-refractivity contribution in [1.82, 2.24) is 15.2 Å². The molecule has 0 saturated carbocycles. The molecule has 1 N–H and O–H groups in total. The van der Waals surface area contributed by atoms with E-state index in [9.17, 15) is 14.4 Å². The van der Waals surface area contributed by atoms with Crippen LogP contribution in [0.2, 0.25) is 0 Å². The molecule has 1 fully saturated rings. The Bertz CT molecular complexity index is 612. The zero-order valence-electron chi connectivity index (χ0n) is 11.2. The van der Waals surface area contributed by atoms with Crippen molar-refractivity contribution in [1.29, 1.82) is 0 Å². The standard InChI is InChI=1S/C14H15N3O3/c1-2-8-3-4-9-10(15-8)7-17(14(9)20)11-5-6-12(18)16-13(11)19/h3-4,11H,2,5-7H2,1H3,(H,16,18,19). The summed E-state index contributed by atoms with van der Waals surface area (Å²) >= 11 is 0. The fourth-order valence-electron chi connectivity index (χ4n) is 2.68. The molecular weight excluding hydrogens is 258 g/mol. The van der Waals surface area contributed by atoms with E-state index >= 15 is 0 Å². The molecule has 1 unspecified atom stereocenters. The number of hydrogen-bond acceptors (Lipinski definition) is 4. The lowest BCUT2D eigenvalue weighted by molar-refractivity contribution is -0.136. The van der Waals surface area contributed by atoms with Crippen LogP contribution in [0.3, 0.4) is 0 Å². The average molecular weight is 273 g/mol. The third-order valence-electron chi connectivity index (χ3n) is 3.79. The van der Waals surface area contributed by atoms with Gasteiger partial charge in [-0.1, -0.05) is 6.92 Å². The molecular formula is C14H15N3O3. The van der Waals surface area contributed by atoms with Gasteiger partial charge in [-0.2, -0.15) is 0 Å². The molecule has 1 aromatic rings. The summed E-state index contributed by atoms with van der Waals surface area (Å²) in [7, 11) is 0. The van der Waals surface area contributed by atoms with Crippen LogP contribution in [0.25, 0.3) is 0 Å². The highest BCUT2D eigenvalue weighted by Crippen LogP contribution is 2.26. The first kappa shape index (κ1) is 12.8. The Kier molecular flexibility index (Phi) is 3.00. The number of hydrogen-bond donors (Lipinski definition) is 1. The lowest BCUT2D eigenvalue weighted by atomic mass is 10.0. The number of piperidine rings is 1. The maximum absolute atomic E-state index is 12.3. The van der Waals surface area contributed by atoms with E-state index in [-0.39, 0.29) is 18.2 Å². The van der Waals surface area contributed by atoms with Crippen LogP contribution in [0, 0.1) is 0 Å². The van der Waals surface area contributed by atoms with E-state index in [1.807, 2.05) is 13.0 Å². The molecule has 0 bridgehead atoms. The van der Waals surface area contributed by atoms with E-state index in [1.54, 1.807) is 6.07 Å². The highest BCUT2D eigenvalue weighted by atomic mass is 16.2. The molecule has 0 radical (unpaired) electrons. The Hall–Kier alpha value is -2.24. The van der Waals surface area contributed by atoms with E-state index < -0.39 is 11.9 Å². The van der Waals surface area contributed by atoms with Gasteiger partial charge in [0.1, 0.15) is 6.04 Å². The van der Waals surface area contributed by atoms with Crippen LogP contribution >= 0.6 is 0 Å². The summed E-state index contributed by atoms with van der Waals surface area (Å²) < 4.78 is 0. The third-order valence-corrected chi connectivity index (χ3v) is 3.79. The van der Waals surface area contributed by atoms with Crippen LogP contribution in [0.1, 0.15) is 41.5 Å². The summed E-state index contributed by atoms with van der Waals surface area (Å²) in [5, 5.41) is 2.28. The quantitative estimate of drug-likeness (QED) is 0.791. The van der Waals surface area contributed by atoms with E-state index in [0.29, 0.717) is 18.5 Å². The van der Waals surface area contributed by atoms with Gasteiger partial charge in [0.15, 0.2) is 0 Å². The van der Waals surface area contributed by atoms with Crippen molar-refractivity contribution in [3.8, 4) is 0 Å². The molecule has 6 nitrogen and oxygen atoms in total. The molecule has 3 heterocycles. The van der Waals surface area contributed by atoms with Crippen molar-refractivity contribution in [3.63, 3.8) is 0 Å². The van der Waals surface area contributed by atoms with Crippen LogP contribution in [0.15, 0.2) is 12.1 Å². The molecule has 0 aliphatic carbocycles. The number of imide groups is 1. The van der Waals surface area contributed by atoms with Gasteiger partial charge in [-0.05, 0) is 25.0 Å². The van der Waals surface area contributed by atoms with Gasteiger partial charge in [0.2, 0.25) is 11.8 Å². The zero-order valence-corrected chi connectivity index (χ0v) is 11.2. The molecule has 0 aromatic carbocycles. The Balaban J connectivity index is 1.86. The summed E-state index contributed by atoms with van der Waals surface area (Å²) in [6.07, 6.45) is 1.45. The minimum atomic E-state index is -0.570. The topological polar surface area (TPSA) is 79.4 Å². The number of amides is 3. The summed E-state index contributed by atoms with van der Waals surface area (Å²) in [6.45, 7) is 2.34. The van der Waals surface area contributed by atoms with Crippen molar-refractivity contribution < 1.29 is 14.4 Å². The van der Waals surface area contributed by atoms with Crippen molar-refractivity contribution in [2.75, 3.05) is 0 Å². The summed E-state index contributed by atoms with van der Waals surface area (Å²) in [5.41, 5.74) is 2.22. The van der Waals surface area contributed by atoms with Gasteiger partial charge in [-0.25, -0.2) is 0 Å². The van der Waals surface area contributed by atoms with E-state index in [2.05, 4.69) is 10.3 Å². The summed E-state index contributed by atoms with van der Waals surface area (Å²) in [6, 6.07) is 3.04. The van der Waals surface area contributed by atoms with Crippen molar-refractivity contribution in [2.24, 2.45) is 0 Å². The zero-order chi connectivity index (χ0) is 14.3. The largest absolute Gasteiger partial charge is 0.321 e. The van der Waals surface area contributed by atoms with Gasteiger partial charge in [0, 0.05) is 12.1 Å². The lowest BCUT2D eigenvalue weighted by Crippen LogP contribution is -2.52.